The van der Waals surface area contributed by atoms with Gasteiger partial charge in [0.15, 0.2) is 9.84 Å². The summed E-state index contributed by atoms with van der Waals surface area (Å²) in [5, 5.41) is 6.94. The average molecular weight is 352 g/mol. The molecule has 2 aromatic rings. The zero-order chi connectivity index (χ0) is 17.0. The Morgan fingerprint density at radius 3 is 2.61 bits per heavy atom. The number of benzene rings is 1. The SMILES string of the molecule is CN(C)[C@H](CNC(=O)c1cccc(S(C)(=O)=O)c1)c1ccsc1. The Labute approximate surface area is 140 Å². The lowest BCUT2D eigenvalue weighted by molar-refractivity contribution is 0.0941. The molecule has 0 unspecified atom stereocenters. The van der Waals surface area contributed by atoms with E-state index in [9.17, 15) is 13.2 Å². The molecule has 0 aliphatic rings. The molecule has 0 radical (unpaired) electrons. The van der Waals surface area contributed by atoms with Gasteiger partial charge >= 0.3 is 0 Å². The first-order valence-electron chi connectivity index (χ1n) is 7.06. The van der Waals surface area contributed by atoms with Crippen LogP contribution < -0.4 is 5.32 Å². The number of carbonyl (C=O) groups excluding carboxylic acids is 1. The molecule has 0 spiro atoms. The minimum absolute atomic E-state index is 0.0725. The number of carbonyl (C=O) groups is 1. The summed E-state index contributed by atoms with van der Waals surface area (Å²) in [5.74, 6) is -0.280. The Balaban J connectivity index is 2.10. The van der Waals surface area contributed by atoms with E-state index in [0.717, 1.165) is 11.8 Å². The molecule has 1 amide bonds. The number of sulfone groups is 1. The summed E-state index contributed by atoms with van der Waals surface area (Å²) in [6.45, 7) is 0.450. The van der Waals surface area contributed by atoms with Crippen LogP contribution in [0, 0.1) is 0 Å². The molecule has 0 aliphatic carbocycles. The highest BCUT2D eigenvalue weighted by molar-refractivity contribution is 7.90. The van der Waals surface area contributed by atoms with Crippen LogP contribution in [0.5, 0.6) is 0 Å². The fraction of sp³-hybridized carbons (Fsp3) is 0.312. The molecule has 0 fully saturated rings. The number of nitrogens with zero attached hydrogens (tertiary/aromatic N) is 1. The van der Waals surface area contributed by atoms with Crippen molar-refractivity contribution in [3.63, 3.8) is 0 Å². The fourth-order valence-electron chi connectivity index (χ4n) is 2.22. The van der Waals surface area contributed by atoms with Crippen LogP contribution in [0.15, 0.2) is 46.0 Å². The van der Waals surface area contributed by atoms with E-state index in [0.29, 0.717) is 12.1 Å². The van der Waals surface area contributed by atoms with Gasteiger partial charge in [-0.25, -0.2) is 8.42 Å². The van der Waals surface area contributed by atoms with Crippen molar-refractivity contribution in [3.05, 3.63) is 52.2 Å². The maximum Gasteiger partial charge on any atom is 0.251 e. The van der Waals surface area contributed by atoms with Gasteiger partial charge in [-0.15, -0.1) is 0 Å². The first-order valence-corrected chi connectivity index (χ1v) is 9.89. The van der Waals surface area contributed by atoms with Crippen LogP contribution in [0.25, 0.3) is 0 Å². The molecule has 1 aromatic heterocycles. The lowest BCUT2D eigenvalue weighted by Crippen LogP contribution is -2.34. The van der Waals surface area contributed by atoms with Gasteiger partial charge in [0.05, 0.1) is 10.9 Å². The van der Waals surface area contributed by atoms with Gasteiger partial charge in [-0.2, -0.15) is 11.3 Å². The van der Waals surface area contributed by atoms with Crippen LogP contribution in [0.4, 0.5) is 0 Å². The predicted octanol–water partition coefficient (Wildman–Crippen LogP) is 2.18. The van der Waals surface area contributed by atoms with Crippen LogP contribution in [-0.4, -0.2) is 46.1 Å². The van der Waals surface area contributed by atoms with Gasteiger partial charge in [0.2, 0.25) is 0 Å². The van der Waals surface area contributed by atoms with Crippen molar-refractivity contribution in [2.75, 3.05) is 26.9 Å². The first-order chi connectivity index (χ1) is 10.8. The van der Waals surface area contributed by atoms with Gasteiger partial charge in [0, 0.05) is 18.4 Å². The summed E-state index contributed by atoms with van der Waals surface area (Å²) in [4.78, 5) is 14.5. The van der Waals surface area contributed by atoms with Crippen molar-refractivity contribution in [1.29, 1.82) is 0 Å². The van der Waals surface area contributed by atoms with Crippen molar-refractivity contribution in [3.8, 4) is 0 Å². The molecule has 0 bridgehead atoms. The fourth-order valence-corrected chi connectivity index (χ4v) is 3.60. The van der Waals surface area contributed by atoms with E-state index < -0.39 is 9.84 Å². The van der Waals surface area contributed by atoms with Crippen molar-refractivity contribution in [2.45, 2.75) is 10.9 Å². The Morgan fingerprint density at radius 1 is 1.30 bits per heavy atom. The summed E-state index contributed by atoms with van der Waals surface area (Å²) in [6.07, 6.45) is 1.13. The molecule has 0 saturated carbocycles. The predicted molar refractivity (Wildman–Crippen MR) is 92.6 cm³/mol. The third kappa shape index (κ3) is 4.63. The second-order valence-electron chi connectivity index (χ2n) is 5.55. The lowest BCUT2D eigenvalue weighted by Gasteiger charge is -2.24. The van der Waals surface area contributed by atoms with Crippen LogP contribution in [0.3, 0.4) is 0 Å². The minimum Gasteiger partial charge on any atom is -0.350 e. The van der Waals surface area contributed by atoms with Crippen LogP contribution in [0.1, 0.15) is 22.0 Å². The second kappa shape index (κ2) is 7.25. The minimum atomic E-state index is -3.33. The van der Waals surface area contributed by atoms with E-state index in [2.05, 4.69) is 10.7 Å². The Bertz CT molecular complexity index is 768. The molecular weight excluding hydrogens is 332 g/mol. The third-order valence-electron chi connectivity index (χ3n) is 3.53. The quantitative estimate of drug-likeness (QED) is 0.865. The Morgan fingerprint density at radius 2 is 2.04 bits per heavy atom. The van der Waals surface area contributed by atoms with Crippen LogP contribution in [0.2, 0.25) is 0 Å². The summed E-state index contributed by atoms with van der Waals surface area (Å²) in [5.41, 5.74) is 1.49. The highest BCUT2D eigenvalue weighted by atomic mass is 32.2. The van der Waals surface area contributed by atoms with E-state index in [1.807, 2.05) is 30.4 Å². The molecule has 5 nitrogen and oxygen atoms in total. The number of hydrogen-bond acceptors (Lipinski definition) is 5. The Hall–Kier alpha value is -1.70. The molecule has 2 rings (SSSR count). The van der Waals surface area contributed by atoms with Crippen molar-refractivity contribution in [2.24, 2.45) is 0 Å². The number of rotatable bonds is 6. The molecule has 1 atom stereocenters. The molecule has 1 aromatic carbocycles. The highest BCUT2D eigenvalue weighted by Gasteiger charge is 2.17. The average Bonchev–Trinajstić information content (AvgIpc) is 3.00. The molecule has 1 N–H and O–H groups in total. The summed E-state index contributed by atoms with van der Waals surface area (Å²) < 4.78 is 23.2. The zero-order valence-corrected chi connectivity index (χ0v) is 14.9. The van der Waals surface area contributed by atoms with Gasteiger partial charge in [-0.05, 0) is 54.7 Å². The molecular formula is C16H20N2O3S2. The number of amides is 1. The first kappa shape index (κ1) is 17.7. The van der Waals surface area contributed by atoms with E-state index >= 15 is 0 Å². The highest BCUT2D eigenvalue weighted by Crippen LogP contribution is 2.20. The van der Waals surface area contributed by atoms with Crippen molar-refractivity contribution in [1.82, 2.24) is 10.2 Å². The van der Waals surface area contributed by atoms with Gasteiger partial charge in [0.1, 0.15) is 0 Å². The van der Waals surface area contributed by atoms with E-state index in [-0.39, 0.29) is 16.8 Å². The smallest absolute Gasteiger partial charge is 0.251 e. The molecule has 1 heterocycles. The molecule has 124 valence electrons. The van der Waals surface area contributed by atoms with Crippen molar-refractivity contribution >= 4 is 27.1 Å². The lowest BCUT2D eigenvalue weighted by atomic mass is 10.1. The van der Waals surface area contributed by atoms with E-state index in [1.54, 1.807) is 23.5 Å². The third-order valence-corrected chi connectivity index (χ3v) is 5.34. The maximum absolute atomic E-state index is 12.3. The Kier molecular flexibility index (Phi) is 5.56. The van der Waals surface area contributed by atoms with E-state index in [1.165, 1.54) is 12.1 Å². The van der Waals surface area contributed by atoms with E-state index in [4.69, 9.17) is 0 Å². The maximum atomic E-state index is 12.3. The molecule has 0 saturated heterocycles. The van der Waals surface area contributed by atoms with Gasteiger partial charge in [-0.1, -0.05) is 6.07 Å². The van der Waals surface area contributed by atoms with Gasteiger partial charge in [0.25, 0.3) is 5.91 Å². The summed E-state index contributed by atoms with van der Waals surface area (Å²) in [6, 6.07) is 8.18. The zero-order valence-electron chi connectivity index (χ0n) is 13.3. The van der Waals surface area contributed by atoms with Crippen LogP contribution >= 0.6 is 11.3 Å². The number of likely N-dealkylation sites (N-methyl/N-ethyl adjacent to an activating group) is 1. The standard InChI is InChI=1S/C16H20N2O3S2/c1-18(2)15(13-7-8-22-11-13)10-17-16(19)12-5-4-6-14(9-12)23(3,20)21/h4-9,11,15H,10H2,1-3H3,(H,17,19)/t15-/m1/s1. The van der Waals surface area contributed by atoms with Crippen molar-refractivity contribution < 1.29 is 13.2 Å². The topological polar surface area (TPSA) is 66.5 Å². The van der Waals surface area contributed by atoms with Crippen LogP contribution in [-0.2, 0) is 9.84 Å². The summed E-state index contributed by atoms with van der Waals surface area (Å²) in [7, 11) is 0.588. The second-order valence-corrected chi connectivity index (χ2v) is 8.34. The monoisotopic (exact) mass is 352 g/mol. The van der Waals surface area contributed by atoms with Gasteiger partial charge < -0.3 is 10.2 Å². The largest absolute Gasteiger partial charge is 0.350 e. The number of thiophene rings is 1. The molecule has 7 heteroatoms. The number of hydrogen-bond donors (Lipinski definition) is 1. The molecule has 0 aliphatic heterocycles. The number of nitrogens with one attached hydrogen (secondary N) is 1. The molecule has 23 heavy (non-hydrogen) atoms. The van der Waals surface area contributed by atoms with Gasteiger partial charge in [-0.3, -0.25) is 4.79 Å². The summed E-state index contributed by atoms with van der Waals surface area (Å²) >= 11 is 1.61. The normalized spacial score (nSPS) is 13.0.